The van der Waals surface area contributed by atoms with E-state index in [9.17, 15) is 14.9 Å². The first-order chi connectivity index (χ1) is 9.90. The number of hydrogen-bond acceptors (Lipinski definition) is 4. The Balaban J connectivity index is 2.18. The minimum absolute atomic E-state index is 0.0590. The maximum absolute atomic E-state index is 12.3. The molecule has 0 spiro atoms. The van der Waals surface area contributed by atoms with E-state index in [1.165, 1.54) is 23.1 Å². The summed E-state index contributed by atoms with van der Waals surface area (Å²) in [7, 11) is 3.47. The van der Waals surface area contributed by atoms with Crippen molar-refractivity contribution in [2.45, 2.75) is 6.54 Å². The summed E-state index contributed by atoms with van der Waals surface area (Å²) < 4.78 is 1.81. The molecule has 0 aliphatic carbocycles. The molecule has 1 aromatic heterocycles. The van der Waals surface area contributed by atoms with E-state index in [0.717, 1.165) is 5.82 Å². The predicted molar refractivity (Wildman–Crippen MR) is 77.1 cm³/mol. The molecule has 0 radical (unpaired) electrons. The van der Waals surface area contributed by atoms with Crippen LogP contribution in [0.1, 0.15) is 16.2 Å². The van der Waals surface area contributed by atoms with E-state index in [2.05, 4.69) is 4.98 Å². The van der Waals surface area contributed by atoms with Gasteiger partial charge in [-0.25, -0.2) is 4.98 Å². The van der Waals surface area contributed by atoms with E-state index in [1.807, 2.05) is 11.6 Å². The van der Waals surface area contributed by atoms with Gasteiger partial charge in [-0.05, 0) is 12.1 Å². The molecule has 0 saturated heterocycles. The number of nitrogens with zero attached hydrogens (tertiary/aromatic N) is 4. The summed E-state index contributed by atoms with van der Waals surface area (Å²) in [5.41, 5.74) is 0.0716. The number of nitro groups is 1. The summed E-state index contributed by atoms with van der Waals surface area (Å²) in [5.74, 6) is 0.452. The second kappa shape index (κ2) is 5.92. The summed E-state index contributed by atoms with van der Waals surface area (Å²) in [6.45, 7) is 0.330. The van der Waals surface area contributed by atoms with E-state index in [-0.39, 0.29) is 16.6 Å². The molecule has 7 nitrogen and oxygen atoms in total. The molecule has 2 rings (SSSR count). The van der Waals surface area contributed by atoms with Crippen molar-refractivity contribution >= 4 is 23.2 Å². The molecule has 0 atom stereocenters. The smallest absolute Gasteiger partial charge is 0.287 e. The molecule has 0 saturated carbocycles. The van der Waals surface area contributed by atoms with Crippen LogP contribution in [0.25, 0.3) is 0 Å². The topological polar surface area (TPSA) is 81.3 Å². The van der Waals surface area contributed by atoms with Gasteiger partial charge in [-0.1, -0.05) is 11.6 Å². The Morgan fingerprint density at radius 1 is 1.52 bits per heavy atom. The number of benzene rings is 1. The van der Waals surface area contributed by atoms with Crippen LogP contribution in [0.15, 0.2) is 30.6 Å². The number of aryl methyl sites for hydroxylation is 1. The zero-order valence-corrected chi connectivity index (χ0v) is 12.2. The Morgan fingerprint density at radius 3 is 2.76 bits per heavy atom. The van der Waals surface area contributed by atoms with Crippen molar-refractivity contribution in [2.24, 2.45) is 7.05 Å². The average Bonchev–Trinajstić information content (AvgIpc) is 2.82. The van der Waals surface area contributed by atoms with Crippen molar-refractivity contribution in [1.29, 1.82) is 0 Å². The standard InChI is InChI=1S/C13H13ClN4O3/c1-16-6-5-15-12(16)8-17(2)13(19)9-3-4-11(18(20)21)10(14)7-9/h3-7H,8H2,1-2H3. The number of rotatable bonds is 4. The van der Waals surface area contributed by atoms with Crippen molar-refractivity contribution in [3.8, 4) is 0 Å². The first-order valence-electron chi connectivity index (χ1n) is 6.05. The number of aromatic nitrogens is 2. The molecular weight excluding hydrogens is 296 g/mol. The lowest BCUT2D eigenvalue weighted by Crippen LogP contribution is -2.27. The summed E-state index contributed by atoms with van der Waals surface area (Å²) >= 11 is 5.81. The van der Waals surface area contributed by atoms with E-state index in [1.54, 1.807) is 19.4 Å². The van der Waals surface area contributed by atoms with Crippen LogP contribution >= 0.6 is 11.6 Å². The first kappa shape index (κ1) is 15.0. The highest BCUT2D eigenvalue weighted by molar-refractivity contribution is 6.33. The number of halogens is 1. The van der Waals surface area contributed by atoms with Gasteiger partial charge in [0, 0.05) is 38.1 Å². The van der Waals surface area contributed by atoms with Crippen LogP contribution in [-0.4, -0.2) is 32.3 Å². The predicted octanol–water partition coefficient (Wildman–Crippen LogP) is 2.25. The van der Waals surface area contributed by atoms with Crippen molar-refractivity contribution in [2.75, 3.05) is 7.05 Å². The molecule has 2 aromatic rings. The summed E-state index contributed by atoms with van der Waals surface area (Å²) in [6.07, 6.45) is 3.44. The minimum Gasteiger partial charge on any atom is -0.337 e. The van der Waals surface area contributed by atoms with E-state index in [0.29, 0.717) is 12.1 Å². The third-order valence-electron chi connectivity index (χ3n) is 3.04. The third-order valence-corrected chi connectivity index (χ3v) is 3.34. The highest BCUT2D eigenvalue weighted by Gasteiger charge is 2.18. The lowest BCUT2D eigenvalue weighted by molar-refractivity contribution is -0.384. The van der Waals surface area contributed by atoms with Gasteiger partial charge in [0.25, 0.3) is 11.6 Å². The minimum atomic E-state index is -0.589. The quantitative estimate of drug-likeness (QED) is 0.641. The van der Waals surface area contributed by atoms with Crippen LogP contribution < -0.4 is 0 Å². The average molecular weight is 309 g/mol. The van der Waals surface area contributed by atoms with Gasteiger partial charge < -0.3 is 9.47 Å². The van der Waals surface area contributed by atoms with Crippen LogP contribution in [0.5, 0.6) is 0 Å². The van der Waals surface area contributed by atoms with Gasteiger partial charge in [0.15, 0.2) is 0 Å². The SMILES string of the molecule is CN(Cc1nccn1C)C(=O)c1ccc([N+](=O)[O-])c(Cl)c1. The number of carbonyl (C=O) groups excluding carboxylic acids is 1. The van der Waals surface area contributed by atoms with Crippen LogP contribution in [0.3, 0.4) is 0 Å². The summed E-state index contributed by atoms with van der Waals surface area (Å²) in [4.78, 5) is 28.0. The van der Waals surface area contributed by atoms with Crippen LogP contribution in [0.2, 0.25) is 5.02 Å². The molecule has 1 aromatic carbocycles. The van der Waals surface area contributed by atoms with E-state index >= 15 is 0 Å². The molecule has 1 amide bonds. The van der Waals surface area contributed by atoms with Crippen molar-refractivity contribution < 1.29 is 9.72 Å². The zero-order chi connectivity index (χ0) is 15.6. The van der Waals surface area contributed by atoms with Crippen molar-refractivity contribution in [3.63, 3.8) is 0 Å². The Bertz CT molecular complexity index is 698. The number of hydrogen-bond donors (Lipinski definition) is 0. The molecule has 1 heterocycles. The highest BCUT2D eigenvalue weighted by atomic mass is 35.5. The van der Waals surface area contributed by atoms with Crippen molar-refractivity contribution in [1.82, 2.24) is 14.5 Å². The van der Waals surface area contributed by atoms with Crippen LogP contribution in [0.4, 0.5) is 5.69 Å². The zero-order valence-electron chi connectivity index (χ0n) is 11.5. The fraction of sp³-hybridized carbons (Fsp3) is 0.231. The van der Waals surface area contributed by atoms with Gasteiger partial charge in [0.05, 0.1) is 11.5 Å². The lowest BCUT2D eigenvalue weighted by Gasteiger charge is -2.17. The Kier molecular flexibility index (Phi) is 4.23. The number of carbonyl (C=O) groups is 1. The number of nitro benzene ring substituents is 1. The molecule has 0 aliphatic heterocycles. The van der Waals surface area contributed by atoms with Gasteiger partial charge in [-0.3, -0.25) is 14.9 Å². The van der Waals surface area contributed by atoms with Crippen LogP contribution in [-0.2, 0) is 13.6 Å². The summed E-state index contributed by atoms with van der Waals surface area (Å²) in [6, 6.07) is 3.92. The second-order valence-corrected chi connectivity index (χ2v) is 4.95. The van der Waals surface area contributed by atoms with Gasteiger partial charge in [-0.15, -0.1) is 0 Å². The number of amides is 1. The highest BCUT2D eigenvalue weighted by Crippen LogP contribution is 2.25. The van der Waals surface area contributed by atoms with Gasteiger partial charge in [-0.2, -0.15) is 0 Å². The number of imidazole rings is 1. The molecule has 0 N–H and O–H groups in total. The second-order valence-electron chi connectivity index (χ2n) is 4.54. The van der Waals surface area contributed by atoms with Crippen LogP contribution in [0, 0.1) is 10.1 Å². The van der Waals surface area contributed by atoms with E-state index in [4.69, 9.17) is 11.6 Å². The van der Waals surface area contributed by atoms with E-state index < -0.39 is 4.92 Å². The third kappa shape index (κ3) is 3.19. The van der Waals surface area contributed by atoms with Gasteiger partial charge in [0.1, 0.15) is 10.8 Å². The lowest BCUT2D eigenvalue weighted by atomic mass is 10.2. The monoisotopic (exact) mass is 308 g/mol. The molecule has 0 fully saturated rings. The molecule has 21 heavy (non-hydrogen) atoms. The Hall–Kier alpha value is -2.41. The van der Waals surface area contributed by atoms with Gasteiger partial charge in [0.2, 0.25) is 0 Å². The molecule has 0 bridgehead atoms. The first-order valence-corrected chi connectivity index (χ1v) is 6.43. The fourth-order valence-corrected chi connectivity index (χ4v) is 2.09. The maximum Gasteiger partial charge on any atom is 0.287 e. The molecular formula is C13H13ClN4O3. The van der Waals surface area contributed by atoms with Crippen molar-refractivity contribution in [3.05, 3.63) is 57.1 Å². The fourth-order valence-electron chi connectivity index (χ4n) is 1.84. The Morgan fingerprint density at radius 2 is 2.24 bits per heavy atom. The largest absolute Gasteiger partial charge is 0.337 e. The van der Waals surface area contributed by atoms with Gasteiger partial charge >= 0.3 is 0 Å². The maximum atomic E-state index is 12.3. The molecule has 0 unspecified atom stereocenters. The molecule has 8 heteroatoms. The normalized spacial score (nSPS) is 10.4. The Labute approximate surface area is 125 Å². The molecule has 110 valence electrons. The summed E-state index contributed by atoms with van der Waals surface area (Å²) in [5, 5.41) is 10.6. The molecule has 0 aliphatic rings.